The molecule has 2 heterocycles. The van der Waals surface area contributed by atoms with Gasteiger partial charge in [0.1, 0.15) is 29.2 Å². The highest BCUT2D eigenvalue weighted by Crippen LogP contribution is 2.36. The van der Waals surface area contributed by atoms with Crippen LogP contribution in [0.4, 0.5) is 8.78 Å². The van der Waals surface area contributed by atoms with Gasteiger partial charge in [-0.3, -0.25) is 9.59 Å². The summed E-state index contributed by atoms with van der Waals surface area (Å²) in [5, 5.41) is 0.129. The molecule has 0 spiro atoms. The number of fused-ring (bicyclic) bond motifs is 1. The summed E-state index contributed by atoms with van der Waals surface area (Å²) in [5.74, 6) is -2.33. The number of hydrogen-bond donors (Lipinski definition) is 0. The third kappa shape index (κ3) is 4.89. The van der Waals surface area contributed by atoms with Crippen LogP contribution in [0.15, 0.2) is 41.3 Å². The highest BCUT2D eigenvalue weighted by atomic mass is 35.5. The lowest BCUT2D eigenvalue weighted by Crippen LogP contribution is -2.70. The van der Waals surface area contributed by atoms with Crippen molar-refractivity contribution in [3.63, 3.8) is 0 Å². The molecule has 2 aromatic rings. The molecule has 0 aromatic heterocycles. The van der Waals surface area contributed by atoms with Crippen molar-refractivity contribution in [3.8, 4) is 0 Å². The fourth-order valence-electron chi connectivity index (χ4n) is 4.60. The molecular formula is C23H23Cl2F2N3O4S. The zero-order valence-electron chi connectivity index (χ0n) is 18.9. The third-order valence-corrected chi connectivity index (χ3v) is 8.94. The molecule has 2 saturated heterocycles. The smallest absolute Gasteiger partial charge is 0.246 e. The number of piperazine rings is 1. The molecule has 7 nitrogen and oxygen atoms in total. The molecule has 35 heavy (non-hydrogen) atoms. The van der Waals surface area contributed by atoms with E-state index < -0.39 is 39.8 Å². The monoisotopic (exact) mass is 545 g/mol. The van der Waals surface area contributed by atoms with Crippen molar-refractivity contribution in [2.75, 3.05) is 13.1 Å². The lowest BCUT2D eigenvalue weighted by Gasteiger charge is -2.51. The van der Waals surface area contributed by atoms with Gasteiger partial charge in [-0.1, -0.05) is 29.3 Å². The van der Waals surface area contributed by atoms with Gasteiger partial charge in [-0.05, 0) is 50.1 Å². The molecule has 188 valence electrons. The largest absolute Gasteiger partial charge is 0.335 e. The van der Waals surface area contributed by atoms with Crippen molar-refractivity contribution >= 4 is 45.0 Å². The van der Waals surface area contributed by atoms with E-state index in [0.29, 0.717) is 6.07 Å². The molecule has 2 aliphatic rings. The average molecular weight is 546 g/mol. The Hall–Kier alpha value is -2.27. The maximum atomic E-state index is 14.5. The van der Waals surface area contributed by atoms with Crippen LogP contribution < -0.4 is 0 Å². The van der Waals surface area contributed by atoms with E-state index in [0.717, 1.165) is 10.4 Å². The fourth-order valence-corrected chi connectivity index (χ4v) is 7.11. The Balaban J connectivity index is 1.83. The first-order valence-electron chi connectivity index (χ1n) is 10.9. The standard InChI is InChI=1S/C23H23Cl2F2N3O4S/c1-13(2)28-11-21-29(12-23(28)32)22(31)10-17(7-14-3-5-16(26)9-19(14)27)30(21)35(33,34)20-6-4-15(24)8-18(20)25/h3-6,8-9,13,17,21H,7,10-12H2,1-2H3. The van der Waals surface area contributed by atoms with E-state index in [-0.39, 0.29) is 58.4 Å². The maximum Gasteiger partial charge on any atom is 0.246 e. The third-order valence-electron chi connectivity index (χ3n) is 6.27. The Labute approximate surface area is 212 Å². The number of carbonyl (C=O) groups is 2. The predicted molar refractivity (Wildman–Crippen MR) is 126 cm³/mol. The Morgan fingerprint density at radius 3 is 2.40 bits per heavy atom. The number of amides is 2. The molecule has 0 N–H and O–H groups in total. The van der Waals surface area contributed by atoms with Crippen LogP contribution in [0.2, 0.25) is 10.0 Å². The minimum Gasteiger partial charge on any atom is -0.335 e. The Kier molecular flexibility index (Phi) is 7.11. The van der Waals surface area contributed by atoms with Crippen LogP contribution in [-0.4, -0.2) is 65.7 Å². The maximum absolute atomic E-state index is 14.5. The second-order valence-corrected chi connectivity index (χ2v) is 11.5. The van der Waals surface area contributed by atoms with Crippen molar-refractivity contribution < 1.29 is 26.8 Å². The first kappa shape index (κ1) is 25.8. The Bertz CT molecular complexity index is 1290. The summed E-state index contributed by atoms with van der Waals surface area (Å²) in [7, 11) is -4.35. The topological polar surface area (TPSA) is 78.0 Å². The van der Waals surface area contributed by atoms with Gasteiger partial charge in [-0.15, -0.1) is 0 Å². The normalized spacial score (nSPS) is 21.6. The highest BCUT2D eigenvalue weighted by Gasteiger charge is 2.51. The van der Waals surface area contributed by atoms with Gasteiger partial charge < -0.3 is 9.80 Å². The zero-order chi connectivity index (χ0) is 25.7. The van der Waals surface area contributed by atoms with Crippen LogP contribution in [0, 0.1) is 11.6 Å². The van der Waals surface area contributed by atoms with Crippen LogP contribution in [-0.2, 0) is 26.0 Å². The number of hydrogen-bond acceptors (Lipinski definition) is 4. The predicted octanol–water partition coefficient (Wildman–Crippen LogP) is 3.68. The summed E-state index contributed by atoms with van der Waals surface area (Å²) in [6.45, 7) is 3.24. The van der Waals surface area contributed by atoms with Gasteiger partial charge in [-0.2, -0.15) is 4.31 Å². The summed E-state index contributed by atoms with van der Waals surface area (Å²) in [5.41, 5.74) is 0.0626. The Morgan fingerprint density at radius 2 is 1.77 bits per heavy atom. The van der Waals surface area contributed by atoms with Crippen molar-refractivity contribution in [2.24, 2.45) is 0 Å². The summed E-state index contributed by atoms with van der Waals surface area (Å²) in [6.07, 6.45) is -1.49. The molecule has 2 atom stereocenters. The van der Waals surface area contributed by atoms with Gasteiger partial charge in [0, 0.05) is 29.6 Å². The number of halogens is 4. The quantitative estimate of drug-likeness (QED) is 0.574. The summed E-state index contributed by atoms with van der Waals surface area (Å²) in [6, 6.07) is 5.72. The van der Waals surface area contributed by atoms with E-state index in [1.165, 1.54) is 34.1 Å². The first-order chi connectivity index (χ1) is 16.4. The van der Waals surface area contributed by atoms with E-state index in [9.17, 15) is 26.8 Å². The minimum atomic E-state index is -4.35. The molecule has 4 rings (SSSR count). The van der Waals surface area contributed by atoms with Crippen LogP contribution in [0.1, 0.15) is 25.8 Å². The summed E-state index contributed by atoms with van der Waals surface area (Å²) < 4.78 is 57.1. The number of benzene rings is 2. The lowest BCUT2D eigenvalue weighted by atomic mass is 9.98. The molecule has 2 aliphatic heterocycles. The van der Waals surface area contributed by atoms with Crippen molar-refractivity contribution in [2.45, 2.75) is 49.8 Å². The van der Waals surface area contributed by atoms with E-state index in [2.05, 4.69) is 0 Å². The molecule has 0 bridgehead atoms. The van der Waals surface area contributed by atoms with Gasteiger partial charge in [0.05, 0.1) is 11.6 Å². The van der Waals surface area contributed by atoms with E-state index in [4.69, 9.17) is 23.2 Å². The second kappa shape index (κ2) is 9.65. The molecule has 2 fully saturated rings. The molecule has 2 unspecified atom stereocenters. The zero-order valence-corrected chi connectivity index (χ0v) is 21.2. The van der Waals surface area contributed by atoms with Crippen LogP contribution in [0.5, 0.6) is 0 Å². The lowest BCUT2D eigenvalue weighted by molar-refractivity contribution is -0.161. The van der Waals surface area contributed by atoms with Crippen LogP contribution >= 0.6 is 23.2 Å². The molecule has 0 aliphatic carbocycles. The molecule has 12 heteroatoms. The fraction of sp³-hybridized carbons (Fsp3) is 0.391. The summed E-state index contributed by atoms with van der Waals surface area (Å²) in [4.78, 5) is 28.2. The molecule has 2 amide bonds. The first-order valence-corrected chi connectivity index (χ1v) is 13.1. The highest BCUT2D eigenvalue weighted by molar-refractivity contribution is 7.89. The van der Waals surface area contributed by atoms with Gasteiger partial charge in [0.2, 0.25) is 21.8 Å². The molecular weight excluding hydrogens is 523 g/mol. The number of sulfonamides is 1. The van der Waals surface area contributed by atoms with Crippen LogP contribution in [0.3, 0.4) is 0 Å². The molecule has 0 saturated carbocycles. The molecule has 0 radical (unpaired) electrons. The van der Waals surface area contributed by atoms with Crippen LogP contribution in [0.25, 0.3) is 0 Å². The second-order valence-electron chi connectivity index (χ2n) is 8.85. The van der Waals surface area contributed by atoms with E-state index in [1.54, 1.807) is 13.8 Å². The number of nitrogens with zero attached hydrogens (tertiary/aromatic N) is 3. The van der Waals surface area contributed by atoms with Gasteiger partial charge in [0.25, 0.3) is 0 Å². The van der Waals surface area contributed by atoms with Gasteiger partial charge in [0.15, 0.2) is 0 Å². The Morgan fingerprint density at radius 1 is 1.06 bits per heavy atom. The van der Waals surface area contributed by atoms with Gasteiger partial charge in [-0.25, -0.2) is 17.2 Å². The minimum absolute atomic E-state index is 0.0604. The van der Waals surface area contributed by atoms with Crippen molar-refractivity contribution in [1.82, 2.24) is 14.1 Å². The summed E-state index contributed by atoms with van der Waals surface area (Å²) >= 11 is 12.2. The van der Waals surface area contributed by atoms with Gasteiger partial charge >= 0.3 is 0 Å². The van der Waals surface area contributed by atoms with Crippen molar-refractivity contribution in [1.29, 1.82) is 0 Å². The van der Waals surface area contributed by atoms with Crippen molar-refractivity contribution in [3.05, 3.63) is 63.6 Å². The van der Waals surface area contributed by atoms with E-state index >= 15 is 0 Å². The number of carbonyl (C=O) groups excluding carboxylic acids is 2. The number of rotatable bonds is 5. The van der Waals surface area contributed by atoms with E-state index in [1.807, 2.05) is 0 Å². The molecule has 2 aromatic carbocycles. The SMILES string of the molecule is CC(C)N1CC2N(CC1=O)C(=O)CC(Cc1ccc(F)cc1F)N2S(=O)(=O)c1ccc(Cl)cc1Cl. The average Bonchev–Trinajstić information content (AvgIpc) is 2.75.